The Bertz CT molecular complexity index is 364. The first-order valence-corrected chi connectivity index (χ1v) is 6.94. The molecule has 0 fully saturated rings. The molecule has 1 nitrogen and oxygen atoms in total. The van der Waals surface area contributed by atoms with Gasteiger partial charge in [0.1, 0.15) is 0 Å². The molecule has 0 radical (unpaired) electrons. The topological polar surface area (TPSA) is 12.0 Å². The van der Waals surface area contributed by atoms with Gasteiger partial charge in [-0.2, -0.15) is 0 Å². The molecule has 100 valence electrons. The minimum atomic E-state index is 0.123. The molecular weight excluding hydrogens is 218 g/mol. The summed E-state index contributed by atoms with van der Waals surface area (Å²) in [5.74, 6) is 0. The summed E-state index contributed by atoms with van der Waals surface area (Å²) in [6, 6.07) is 9.47. The zero-order valence-corrected chi connectivity index (χ0v) is 12.3. The first-order valence-electron chi connectivity index (χ1n) is 6.94. The third-order valence-electron chi connectivity index (χ3n) is 3.45. The van der Waals surface area contributed by atoms with E-state index >= 15 is 0 Å². The predicted molar refractivity (Wildman–Crippen MR) is 81.0 cm³/mol. The smallest absolute Gasteiger partial charge is 0.00453 e. The van der Waals surface area contributed by atoms with Crippen molar-refractivity contribution in [1.29, 1.82) is 0 Å². The normalized spacial score (nSPS) is 14.5. The van der Waals surface area contributed by atoms with Crippen molar-refractivity contribution < 1.29 is 0 Å². The van der Waals surface area contributed by atoms with Gasteiger partial charge >= 0.3 is 0 Å². The van der Waals surface area contributed by atoms with Crippen LogP contribution in [0.5, 0.6) is 0 Å². The molecule has 0 heterocycles. The molecule has 0 aliphatic heterocycles. The van der Waals surface area contributed by atoms with Crippen LogP contribution in [0.2, 0.25) is 0 Å². The van der Waals surface area contributed by atoms with Gasteiger partial charge < -0.3 is 5.32 Å². The molecule has 1 unspecified atom stereocenters. The third kappa shape index (κ3) is 4.66. The molecule has 0 spiro atoms. The van der Waals surface area contributed by atoms with Gasteiger partial charge in [0.25, 0.3) is 0 Å². The van der Waals surface area contributed by atoms with Crippen LogP contribution in [0.3, 0.4) is 0 Å². The van der Waals surface area contributed by atoms with Crippen LogP contribution >= 0.6 is 0 Å². The molecule has 1 N–H and O–H groups in total. The van der Waals surface area contributed by atoms with Crippen LogP contribution in [0.4, 0.5) is 0 Å². The average molecular weight is 245 g/mol. The Labute approximate surface area is 112 Å². The molecule has 0 aliphatic rings. The molecule has 1 rings (SSSR count). The number of hydrogen-bond acceptors (Lipinski definition) is 1. The number of rotatable bonds is 7. The summed E-state index contributed by atoms with van der Waals surface area (Å²) in [6.45, 7) is 13.8. The van der Waals surface area contributed by atoms with E-state index in [2.05, 4.69) is 69.9 Å². The molecule has 0 aliphatic carbocycles. The summed E-state index contributed by atoms with van der Waals surface area (Å²) in [7, 11) is 0. The van der Waals surface area contributed by atoms with Gasteiger partial charge in [-0.25, -0.2) is 0 Å². The fourth-order valence-corrected chi connectivity index (χ4v) is 2.00. The standard InChI is InChI=1S/C17H27N/c1-6-15-8-10-16(11-9-15)12-17(5,7-2)13-18-14(3)4/h7-11,14,18H,2,6,12-13H2,1,3-5H3. The lowest BCUT2D eigenvalue weighted by molar-refractivity contribution is 0.373. The Hall–Kier alpha value is -1.08. The van der Waals surface area contributed by atoms with Gasteiger partial charge in [-0.05, 0) is 24.0 Å². The van der Waals surface area contributed by atoms with Gasteiger partial charge in [0.05, 0.1) is 0 Å². The SMILES string of the molecule is C=CC(C)(CNC(C)C)Cc1ccc(CC)cc1. The molecule has 0 saturated heterocycles. The van der Waals surface area contributed by atoms with Gasteiger partial charge in [-0.15, -0.1) is 6.58 Å². The fraction of sp³-hybridized carbons (Fsp3) is 0.529. The average Bonchev–Trinajstić information content (AvgIpc) is 2.37. The quantitative estimate of drug-likeness (QED) is 0.716. The molecule has 1 atom stereocenters. The number of aryl methyl sites for hydroxylation is 1. The van der Waals surface area contributed by atoms with Crippen molar-refractivity contribution in [3.8, 4) is 0 Å². The lowest BCUT2D eigenvalue weighted by Crippen LogP contribution is -2.35. The fourth-order valence-electron chi connectivity index (χ4n) is 2.00. The van der Waals surface area contributed by atoms with Gasteiger partial charge in [0, 0.05) is 18.0 Å². The largest absolute Gasteiger partial charge is 0.314 e. The van der Waals surface area contributed by atoms with Crippen molar-refractivity contribution in [1.82, 2.24) is 5.32 Å². The lowest BCUT2D eigenvalue weighted by atomic mass is 9.83. The van der Waals surface area contributed by atoms with Crippen LogP contribution in [0.1, 0.15) is 38.8 Å². The van der Waals surface area contributed by atoms with Crippen LogP contribution in [-0.2, 0) is 12.8 Å². The van der Waals surface area contributed by atoms with Crippen LogP contribution in [0.15, 0.2) is 36.9 Å². The minimum absolute atomic E-state index is 0.123. The summed E-state index contributed by atoms with van der Waals surface area (Å²) in [6.07, 6.45) is 4.23. The second-order valence-corrected chi connectivity index (χ2v) is 5.74. The van der Waals surface area contributed by atoms with E-state index in [9.17, 15) is 0 Å². The highest BCUT2D eigenvalue weighted by molar-refractivity contribution is 5.24. The van der Waals surface area contributed by atoms with Crippen molar-refractivity contribution in [3.63, 3.8) is 0 Å². The Morgan fingerprint density at radius 1 is 1.22 bits per heavy atom. The molecule has 1 heteroatoms. The van der Waals surface area contributed by atoms with Gasteiger partial charge in [-0.1, -0.05) is 58.0 Å². The van der Waals surface area contributed by atoms with E-state index in [0.717, 1.165) is 19.4 Å². The Morgan fingerprint density at radius 2 is 1.78 bits per heavy atom. The Kier molecular flexibility index (Phi) is 5.61. The van der Waals surface area contributed by atoms with Gasteiger partial charge in [0.2, 0.25) is 0 Å². The second kappa shape index (κ2) is 6.75. The first kappa shape index (κ1) is 15.0. The second-order valence-electron chi connectivity index (χ2n) is 5.74. The molecule has 0 amide bonds. The monoisotopic (exact) mass is 245 g/mol. The number of hydrogen-bond donors (Lipinski definition) is 1. The number of nitrogens with one attached hydrogen (secondary N) is 1. The van der Waals surface area contributed by atoms with E-state index in [1.165, 1.54) is 11.1 Å². The van der Waals surface area contributed by atoms with Crippen LogP contribution < -0.4 is 5.32 Å². The first-order chi connectivity index (χ1) is 8.49. The summed E-state index contributed by atoms with van der Waals surface area (Å²) >= 11 is 0. The van der Waals surface area contributed by atoms with E-state index in [4.69, 9.17) is 0 Å². The highest BCUT2D eigenvalue weighted by Crippen LogP contribution is 2.23. The van der Waals surface area contributed by atoms with Crippen molar-refractivity contribution in [2.45, 2.75) is 46.6 Å². The van der Waals surface area contributed by atoms with Crippen molar-refractivity contribution in [2.75, 3.05) is 6.54 Å². The van der Waals surface area contributed by atoms with Crippen molar-refractivity contribution in [2.24, 2.45) is 5.41 Å². The van der Waals surface area contributed by atoms with E-state index in [1.807, 2.05) is 0 Å². The van der Waals surface area contributed by atoms with E-state index in [1.54, 1.807) is 0 Å². The van der Waals surface area contributed by atoms with E-state index in [0.29, 0.717) is 6.04 Å². The highest BCUT2D eigenvalue weighted by Gasteiger charge is 2.20. The molecule has 0 aromatic heterocycles. The summed E-state index contributed by atoms with van der Waals surface area (Å²) < 4.78 is 0. The summed E-state index contributed by atoms with van der Waals surface area (Å²) in [4.78, 5) is 0. The maximum absolute atomic E-state index is 4.00. The Balaban J connectivity index is 2.68. The summed E-state index contributed by atoms with van der Waals surface area (Å²) in [5.41, 5.74) is 2.91. The zero-order chi connectivity index (χ0) is 13.6. The van der Waals surface area contributed by atoms with E-state index in [-0.39, 0.29) is 5.41 Å². The van der Waals surface area contributed by atoms with Crippen LogP contribution in [0, 0.1) is 5.41 Å². The lowest BCUT2D eigenvalue weighted by Gasteiger charge is -2.27. The Morgan fingerprint density at radius 3 is 2.22 bits per heavy atom. The molecule has 0 bridgehead atoms. The predicted octanol–water partition coefficient (Wildman–Crippen LogP) is 3.98. The molecule has 1 aromatic carbocycles. The van der Waals surface area contributed by atoms with Crippen molar-refractivity contribution in [3.05, 3.63) is 48.0 Å². The third-order valence-corrected chi connectivity index (χ3v) is 3.45. The zero-order valence-electron chi connectivity index (χ0n) is 12.3. The molecule has 18 heavy (non-hydrogen) atoms. The number of benzene rings is 1. The maximum atomic E-state index is 4.00. The van der Waals surface area contributed by atoms with Gasteiger partial charge in [-0.3, -0.25) is 0 Å². The van der Waals surface area contributed by atoms with E-state index < -0.39 is 0 Å². The molecular formula is C17H27N. The molecule has 1 aromatic rings. The van der Waals surface area contributed by atoms with Crippen LogP contribution in [-0.4, -0.2) is 12.6 Å². The highest BCUT2D eigenvalue weighted by atomic mass is 14.9. The van der Waals surface area contributed by atoms with Crippen LogP contribution in [0.25, 0.3) is 0 Å². The van der Waals surface area contributed by atoms with Gasteiger partial charge in [0.15, 0.2) is 0 Å². The summed E-state index contributed by atoms with van der Waals surface area (Å²) in [5, 5.41) is 3.51. The molecule has 0 saturated carbocycles. The maximum Gasteiger partial charge on any atom is 0.00453 e. The minimum Gasteiger partial charge on any atom is -0.314 e. The van der Waals surface area contributed by atoms with Crippen molar-refractivity contribution >= 4 is 0 Å².